The quantitative estimate of drug-likeness (QED) is 0.500. The number of hydrogen-bond acceptors (Lipinski definition) is 2. The molecule has 0 atom stereocenters. The van der Waals surface area contributed by atoms with Gasteiger partial charge in [-0.05, 0) is 12.8 Å². The maximum atomic E-state index is 10.3. The molecule has 0 radical (unpaired) electrons. The van der Waals surface area contributed by atoms with Gasteiger partial charge in [0.2, 0.25) is 0 Å². The number of rotatable bonds is 3. The van der Waals surface area contributed by atoms with Crippen LogP contribution in [0.15, 0.2) is 0 Å². The second-order valence-electron chi connectivity index (χ2n) is 1.95. The average molecular weight is 176 g/mol. The van der Waals surface area contributed by atoms with Crippen LogP contribution >= 0.6 is 0 Å². The van der Waals surface area contributed by atoms with Crippen molar-refractivity contribution in [3.63, 3.8) is 0 Å². The topological polar surface area (TPSA) is 54.4 Å². The SMILES string of the molecule is CCC(CC)S(=O)(=O)O.[NaH]. The van der Waals surface area contributed by atoms with Crippen LogP contribution in [0.4, 0.5) is 0 Å². The van der Waals surface area contributed by atoms with Crippen molar-refractivity contribution in [3.05, 3.63) is 0 Å². The Morgan fingerprint density at radius 1 is 1.30 bits per heavy atom. The van der Waals surface area contributed by atoms with E-state index in [1.807, 2.05) is 0 Å². The molecule has 0 aromatic carbocycles. The Bertz CT molecular complexity index is 160. The van der Waals surface area contributed by atoms with Crippen molar-refractivity contribution in [2.45, 2.75) is 31.9 Å². The fourth-order valence-corrected chi connectivity index (χ4v) is 1.55. The van der Waals surface area contributed by atoms with Crippen molar-refractivity contribution in [3.8, 4) is 0 Å². The van der Waals surface area contributed by atoms with Gasteiger partial charge in [0, 0.05) is 0 Å². The van der Waals surface area contributed by atoms with E-state index >= 15 is 0 Å². The predicted molar refractivity (Wildman–Crippen MR) is 43.1 cm³/mol. The van der Waals surface area contributed by atoms with E-state index in [-0.39, 0.29) is 29.6 Å². The zero-order valence-corrected chi connectivity index (χ0v) is 6.48. The van der Waals surface area contributed by atoms with E-state index in [1.54, 1.807) is 13.8 Å². The average Bonchev–Trinajstić information content (AvgIpc) is 1.65. The van der Waals surface area contributed by atoms with Gasteiger partial charge in [-0.25, -0.2) is 0 Å². The molecule has 0 amide bonds. The van der Waals surface area contributed by atoms with Crippen LogP contribution in [0.2, 0.25) is 0 Å². The second kappa shape index (κ2) is 5.55. The summed E-state index contributed by atoms with van der Waals surface area (Å²) in [6, 6.07) is 0. The van der Waals surface area contributed by atoms with Crippen molar-refractivity contribution in [2.75, 3.05) is 0 Å². The summed E-state index contributed by atoms with van der Waals surface area (Å²) in [6.45, 7) is 3.48. The van der Waals surface area contributed by atoms with Gasteiger partial charge in [-0.3, -0.25) is 4.55 Å². The molecule has 0 aromatic heterocycles. The molecule has 0 saturated heterocycles. The first kappa shape index (κ1) is 13.5. The summed E-state index contributed by atoms with van der Waals surface area (Å²) in [5.74, 6) is 0. The third-order valence-electron chi connectivity index (χ3n) is 1.33. The molecule has 0 aliphatic heterocycles. The summed E-state index contributed by atoms with van der Waals surface area (Å²) < 4.78 is 29.1. The van der Waals surface area contributed by atoms with Gasteiger partial charge in [0.25, 0.3) is 10.1 Å². The van der Waals surface area contributed by atoms with Crippen LogP contribution in [0, 0.1) is 0 Å². The molecule has 0 saturated carbocycles. The van der Waals surface area contributed by atoms with Crippen LogP contribution in [0.1, 0.15) is 26.7 Å². The molecule has 0 bridgehead atoms. The number of hydrogen-bond donors (Lipinski definition) is 1. The molecule has 0 aromatic rings. The fourth-order valence-electron chi connectivity index (χ4n) is 0.710. The molecule has 0 heterocycles. The first-order chi connectivity index (χ1) is 4.02. The Hall–Kier alpha value is 0.910. The van der Waals surface area contributed by atoms with Gasteiger partial charge >= 0.3 is 29.6 Å². The molecule has 0 unspecified atom stereocenters. The van der Waals surface area contributed by atoms with Crippen molar-refractivity contribution >= 4 is 39.7 Å². The van der Waals surface area contributed by atoms with Gasteiger partial charge in [0.1, 0.15) is 0 Å². The van der Waals surface area contributed by atoms with E-state index in [4.69, 9.17) is 4.55 Å². The van der Waals surface area contributed by atoms with Gasteiger partial charge in [0.05, 0.1) is 5.25 Å². The van der Waals surface area contributed by atoms with Crippen LogP contribution in [-0.2, 0) is 10.1 Å². The first-order valence-electron chi connectivity index (χ1n) is 2.98. The van der Waals surface area contributed by atoms with Crippen molar-refractivity contribution in [2.24, 2.45) is 0 Å². The third kappa shape index (κ3) is 4.68. The van der Waals surface area contributed by atoms with Crippen molar-refractivity contribution in [1.29, 1.82) is 0 Å². The third-order valence-corrected chi connectivity index (χ3v) is 2.84. The Labute approximate surface area is 84.2 Å². The van der Waals surface area contributed by atoms with Crippen molar-refractivity contribution in [1.82, 2.24) is 0 Å². The molecule has 10 heavy (non-hydrogen) atoms. The summed E-state index contributed by atoms with van der Waals surface area (Å²) in [4.78, 5) is 0. The molecule has 0 spiro atoms. The van der Waals surface area contributed by atoms with Crippen LogP contribution in [0.25, 0.3) is 0 Å². The van der Waals surface area contributed by atoms with Crippen LogP contribution in [-0.4, -0.2) is 47.8 Å². The molecule has 1 N–H and O–H groups in total. The van der Waals surface area contributed by atoms with Crippen LogP contribution < -0.4 is 0 Å². The minimum atomic E-state index is -3.77. The summed E-state index contributed by atoms with van der Waals surface area (Å²) in [5.41, 5.74) is 0. The zero-order valence-electron chi connectivity index (χ0n) is 5.66. The van der Waals surface area contributed by atoms with E-state index in [0.717, 1.165) is 0 Å². The van der Waals surface area contributed by atoms with E-state index in [2.05, 4.69) is 0 Å². The fraction of sp³-hybridized carbons (Fsp3) is 1.00. The van der Waals surface area contributed by atoms with E-state index in [1.165, 1.54) is 0 Å². The first-order valence-corrected chi connectivity index (χ1v) is 4.49. The molecular weight excluding hydrogens is 163 g/mol. The summed E-state index contributed by atoms with van der Waals surface area (Å²) >= 11 is 0. The van der Waals surface area contributed by atoms with Gasteiger partial charge in [-0.1, -0.05) is 13.8 Å². The summed E-state index contributed by atoms with van der Waals surface area (Å²) in [6.07, 6.45) is 0.963. The molecular formula is C5H13NaO3S. The Kier molecular flexibility index (Phi) is 7.49. The van der Waals surface area contributed by atoms with Crippen LogP contribution in [0.3, 0.4) is 0 Å². The van der Waals surface area contributed by atoms with E-state index in [9.17, 15) is 8.42 Å². The summed E-state index contributed by atoms with van der Waals surface area (Å²) in [7, 11) is -3.77. The molecule has 3 nitrogen and oxygen atoms in total. The van der Waals surface area contributed by atoms with E-state index < -0.39 is 15.4 Å². The van der Waals surface area contributed by atoms with Gasteiger partial charge < -0.3 is 0 Å². The Morgan fingerprint density at radius 3 is 1.60 bits per heavy atom. The predicted octanol–water partition coefficient (Wildman–Crippen LogP) is 0.414. The second-order valence-corrected chi connectivity index (χ2v) is 3.65. The van der Waals surface area contributed by atoms with Crippen LogP contribution in [0.5, 0.6) is 0 Å². The normalized spacial score (nSPS) is 11.2. The minimum absolute atomic E-state index is 0. The van der Waals surface area contributed by atoms with Crippen molar-refractivity contribution < 1.29 is 13.0 Å². The summed E-state index contributed by atoms with van der Waals surface area (Å²) in [5, 5.41) is -0.572. The zero-order chi connectivity index (χ0) is 7.49. The standard InChI is InChI=1S/C5H12O3S.Na.H/c1-3-5(4-2)9(6,7)8;;/h5H,3-4H2,1-2H3,(H,6,7,8);;. The monoisotopic (exact) mass is 176 g/mol. The van der Waals surface area contributed by atoms with Gasteiger partial charge in [-0.15, -0.1) is 0 Å². The maximum absolute atomic E-state index is 10.3. The molecule has 5 heteroatoms. The molecule has 0 aliphatic rings. The Balaban J connectivity index is 0. The van der Waals surface area contributed by atoms with Gasteiger partial charge in [0.15, 0.2) is 0 Å². The van der Waals surface area contributed by atoms with Gasteiger partial charge in [-0.2, -0.15) is 8.42 Å². The molecule has 0 aliphatic carbocycles. The van der Waals surface area contributed by atoms with E-state index in [0.29, 0.717) is 12.8 Å². The Morgan fingerprint density at radius 2 is 1.60 bits per heavy atom. The molecule has 0 rings (SSSR count). The molecule has 0 fully saturated rings. The molecule has 58 valence electrons.